The molecule has 0 saturated heterocycles. The molecule has 1 unspecified atom stereocenters. The fraction of sp³-hybridized carbons (Fsp3) is 0.364. The van der Waals surface area contributed by atoms with Gasteiger partial charge in [0.2, 0.25) is 0 Å². The van der Waals surface area contributed by atoms with Gasteiger partial charge >= 0.3 is 0 Å². The summed E-state index contributed by atoms with van der Waals surface area (Å²) in [6.45, 7) is 5.74. The van der Waals surface area contributed by atoms with Crippen molar-refractivity contribution < 1.29 is 0 Å². The van der Waals surface area contributed by atoms with E-state index in [2.05, 4.69) is 24.2 Å². The molecule has 6 nitrogen and oxygen atoms in total. The average Bonchev–Trinajstić information content (AvgIpc) is 3.19. The van der Waals surface area contributed by atoms with Gasteiger partial charge < -0.3 is 0 Å². The van der Waals surface area contributed by atoms with Crippen molar-refractivity contribution in [2.24, 2.45) is 15.8 Å². The lowest BCUT2D eigenvalue weighted by Crippen LogP contribution is -2.36. The molecule has 142 valence electrons. The van der Waals surface area contributed by atoms with Crippen molar-refractivity contribution in [2.45, 2.75) is 39.3 Å². The molecule has 0 amide bonds. The zero-order chi connectivity index (χ0) is 19.3. The number of aryl methyl sites for hydroxylation is 1. The van der Waals surface area contributed by atoms with Crippen molar-refractivity contribution in [3.8, 4) is 0 Å². The van der Waals surface area contributed by atoms with Crippen LogP contribution in [-0.4, -0.2) is 16.1 Å². The molecule has 0 fully saturated rings. The maximum absolute atomic E-state index is 13.1. The van der Waals surface area contributed by atoms with Crippen molar-refractivity contribution in [2.75, 3.05) is 11.6 Å². The van der Waals surface area contributed by atoms with E-state index in [0.717, 1.165) is 42.0 Å². The Morgan fingerprint density at radius 2 is 1.93 bits per heavy atom. The zero-order valence-electron chi connectivity index (χ0n) is 16.2. The third-order valence-corrected chi connectivity index (χ3v) is 5.78. The highest BCUT2D eigenvalue weighted by Gasteiger charge is 2.29. The van der Waals surface area contributed by atoms with Crippen LogP contribution in [0.3, 0.4) is 0 Å². The summed E-state index contributed by atoms with van der Waals surface area (Å²) in [6.07, 6.45) is 1.89. The van der Waals surface area contributed by atoms with E-state index < -0.39 is 0 Å². The van der Waals surface area contributed by atoms with Gasteiger partial charge in [0, 0.05) is 13.0 Å². The largest absolute Gasteiger partial charge is 0.296 e. The molecule has 0 aliphatic carbocycles. The number of hydrogen-bond acceptors (Lipinski definition) is 5. The van der Waals surface area contributed by atoms with E-state index in [1.807, 2.05) is 58.1 Å². The minimum Gasteiger partial charge on any atom is -0.296 e. The molecule has 0 bridgehead atoms. The van der Waals surface area contributed by atoms with Gasteiger partial charge in [-0.1, -0.05) is 43.3 Å². The fourth-order valence-corrected chi connectivity index (χ4v) is 4.18. The Labute approximate surface area is 163 Å². The summed E-state index contributed by atoms with van der Waals surface area (Å²) >= 11 is 0. The second-order valence-corrected chi connectivity index (χ2v) is 8.47. The van der Waals surface area contributed by atoms with Gasteiger partial charge in [0.05, 0.1) is 23.1 Å². The number of hydrogen-bond donors (Lipinski definition) is 0. The summed E-state index contributed by atoms with van der Waals surface area (Å²) < 4.78 is 1.86. The van der Waals surface area contributed by atoms with Crippen LogP contribution >= 0.6 is 0 Å². The summed E-state index contributed by atoms with van der Waals surface area (Å²) in [4.78, 5) is 17.9. The molecule has 2 aliphatic heterocycles. The Bertz CT molecular complexity index is 1130. The van der Waals surface area contributed by atoms with E-state index in [1.54, 1.807) is 0 Å². The van der Waals surface area contributed by atoms with Crippen molar-refractivity contribution in [3.05, 3.63) is 70.3 Å². The van der Waals surface area contributed by atoms with Crippen LogP contribution in [0, 0.1) is 5.41 Å². The predicted octanol–water partition coefficient (Wildman–Crippen LogP) is 4.30. The molecule has 2 aromatic carbocycles. The summed E-state index contributed by atoms with van der Waals surface area (Å²) in [5.74, 6) is 0.898. The Hall–Kier alpha value is -3.02. The van der Waals surface area contributed by atoms with Crippen LogP contribution in [0.15, 0.2) is 63.7 Å². The van der Waals surface area contributed by atoms with Crippen molar-refractivity contribution in [3.63, 3.8) is 0 Å². The molecule has 2 aliphatic rings. The third kappa shape index (κ3) is 2.80. The first-order valence-electron chi connectivity index (χ1n) is 9.77. The number of nitrogens with zero attached hydrogens (tertiary/aromatic N) is 5. The predicted molar refractivity (Wildman–Crippen MR) is 109 cm³/mol. The Balaban J connectivity index is 1.57. The highest BCUT2D eigenvalue weighted by Crippen LogP contribution is 2.33. The lowest BCUT2D eigenvalue weighted by atomic mass is 9.85. The van der Waals surface area contributed by atoms with Gasteiger partial charge in [0.15, 0.2) is 0 Å². The van der Waals surface area contributed by atoms with Gasteiger partial charge in [-0.3, -0.25) is 9.36 Å². The maximum atomic E-state index is 13.1. The molecular weight excluding hydrogens is 350 g/mol. The van der Waals surface area contributed by atoms with E-state index in [0.29, 0.717) is 11.9 Å². The summed E-state index contributed by atoms with van der Waals surface area (Å²) in [5.41, 5.74) is 3.06. The van der Waals surface area contributed by atoms with Crippen LogP contribution in [0.4, 0.5) is 5.69 Å². The van der Waals surface area contributed by atoms with Crippen LogP contribution in [0.25, 0.3) is 10.9 Å². The van der Waals surface area contributed by atoms with E-state index in [-0.39, 0.29) is 17.0 Å². The van der Waals surface area contributed by atoms with Crippen LogP contribution in [0.1, 0.15) is 37.7 Å². The van der Waals surface area contributed by atoms with E-state index in [1.165, 1.54) is 0 Å². The third-order valence-electron chi connectivity index (χ3n) is 5.78. The quantitative estimate of drug-likeness (QED) is 0.673. The van der Waals surface area contributed by atoms with Gasteiger partial charge in [0.1, 0.15) is 11.9 Å². The minimum atomic E-state index is 0.0197. The van der Waals surface area contributed by atoms with E-state index in [4.69, 9.17) is 4.98 Å². The lowest BCUT2D eigenvalue weighted by Gasteiger charge is -2.32. The number of benzene rings is 2. The smallest absolute Gasteiger partial charge is 0.261 e. The number of aromatic nitrogens is 2. The molecule has 0 spiro atoms. The number of para-hydroxylation sites is 1. The molecule has 0 N–H and O–H groups in total. The first-order chi connectivity index (χ1) is 13.5. The molecule has 1 aromatic heterocycles. The lowest BCUT2D eigenvalue weighted by molar-refractivity contribution is 0.240. The second kappa shape index (κ2) is 6.26. The second-order valence-electron chi connectivity index (χ2n) is 8.47. The minimum absolute atomic E-state index is 0.0197. The topological polar surface area (TPSA) is 62.9 Å². The molecular formula is C22H23N5O. The van der Waals surface area contributed by atoms with Crippen LogP contribution in [0.2, 0.25) is 0 Å². The molecule has 1 atom stereocenters. The molecule has 6 heteroatoms. The maximum Gasteiger partial charge on any atom is 0.261 e. The number of anilines is 1. The number of rotatable bonds is 2. The zero-order valence-corrected chi connectivity index (χ0v) is 16.2. The Kier molecular flexibility index (Phi) is 3.82. The van der Waals surface area contributed by atoms with Gasteiger partial charge in [-0.05, 0) is 41.7 Å². The number of fused-ring (bicyclic) bond motifs is 2. The normalized spacial score (nSPS) is 20.5. The van der Waals surface area contributed by atoms with Crippen molar-refractivity contribution >= 4 is 16.6 Å². The summed E-state index contributed by atoms with van der Waals surface area (Å²) in [5, 5.41) is 11.2. The molecule has 3 heterocycles. The molecule has 0 saturated carbocycles. The summed E-state index contributed by atoms with van der Waals surface area (Å²) in [6, 6.07) is 16.0. The Morgan fingerprint density at radius 3 is 2.75 bits per heavy atom. The standard InChI is InChI=1S/C22H23N5O/c1-22(2)11-10-20-24-18-12-15(8-9-17(18)21(28)26(20)14-22)19-13-23-25-27(19)16-6-4-3-5-7-16/h3-9,12,19H,10-11,13-14H2,1-2H3. The van der Waals surface area contributed by atoms with Crippen LogP contribution in [-0.2, 0) is 13.0 Å². The van der Waals surface area contributed by atoms with Gasteiger partial charge in [0.25, 0.3) is 5.56 Å². The molecule has 0 radical (unpaired) electrons. The monoisotopic (exact) mass is 373 g/mol. The van der Waals surface area contributed by atoms with Crippen molar-refractivity contribution in [1.82, 2.24) is 9.55 Å². The first-order valence-corrected chi connectivity index (χ1v) is 9.77. The van der Waals surface area contributed by atoms with Crippen molar-refractivity contribution in [1.29, 1.82) is 0 Å². The molecule has 5 rings (SSSR count). The van der Waals surface area contributed by atoms with Gasteiger partial charge in [-0.15, -0.1) is 0 Å². The molecule has 3 aromatic rings. The highest BCUT2D eigenvalue weighted by atomic mass is 16.1. The van der Waals surface area contributed by atoms with Crippen LogP contribution in [0.5, 0.6) is 0 Å². The van der Waals surface area contributed by atoms with Gasteiger partial charge in [-0.2, -0.15) is 5.11 Å². The van der Waals surface area contributed by atoms with Crippen LogP contribution < -0.4 is 10.6 Å². The average molecular weight is 373 g/mol. The molecule has 28 heavy (non-hydrogen) atoms. The SMILES string of the molecule is CC1(C)CCc2nc3cc(C4CN=NN4c4ccccc4)ccc3c(=O)n2C1. The van der Waals surface area contributed by atoms with E-state index >= 15 is 0 Å². The van der Waals surface area contributed by atoms with E-state index in [9.17, 15) is 4.79 Å². The summed E-state index contributed by atoms with van der Waals surface area (Å²) in [7, 11) is 0. The highest BCUT2D eigenvalue weighted by molar-refractivity contribution is 5.78. The Morgan fingerprint density at radius 1 is 1.11 bits per heavy atom. The van der Waals surface area contributed by atoms with Gasteiger partial charge in [-0.25, -0.2) is 9.99 Å². The first kappa shape index (κ1) is 17.1. The fourth-order valence-electron chi connectivity index (χ4n) is 4.18.